The Morgan fingerprint density at radius 1 is 1.14 bits per heavy atom. The molecular weight excluding hydrogens is 432 g/mol. The van der Waals surface area contributed by atoms with Crippen molar-refractivity contribution in [3.63, 3.8) is 0 Å². The van der Waals surface area contributed by atoms with Crippen molar-refractivity contribution in [3.8, 4) is 11.6 Å². The molecule has 0 unspecified atom stereocenters. The number of aromatic hydroxyl groups is 1. The third-order valence-corrected chi connectivity index (χ3v) is 5.04. The minimum absolute atomic E-state index is 0.0383. The number of hydrogen-bond donors (Lipinski definition) is 2. The molecule has 1 heterocycles. The monoisotopic (exact) mass is 454 g/mol. The Labute approximate surface area is 178 Å². The van der Waals surface area contributed by atoms with Crippen molar-refractivity contribution in [1.82, 2.24) is 10.3 Å². The van der Waals surface area contributed by atoms with Crippen molar-refractivity contribution in [2.24, 2.45) is 0 Å². The average Bonchev–Trinajstić information content (AvgIpc) is 2.67. The number of halogens is 1. The second-order valence-electron chi connectivity index (χ2n) is 6.82. The van der Waals surface area contributed by atoms with Gasteiger partial charge in [0.05, 0.1) is 6.61 Å². The standard InChI is InChI=1S/C23H23BrN2O3/c1-15-12-16(2)26-23(28)21(15)14-25-22(27)18-8-6-17(7-9-18)10-11-29-20-5-3-4-19(24)13-20/h3-9,12-13H,10-11,14H2,1-2H3,(H,25,27)(H,26,28). The van der Waals surface area contributed by atoms with Crippen LogP contribution < -0.4 is 10.1 Å². The van der Waals surface area contributed by atoms with Gasteiger partial charge in [-0.1, -0.05) is 34.1 Å². The first kappa shape index (κ1) is 20.9. The van der Waals surface area contributed by atoms with Gasteiger partial charge < -0.3 is 15.2 Å². The van der Waals surface area contributed by atoms with E-state index in [1.807, 2.05) is 56.3 Å². The maximum atomic E-state index is 12.4. The summed E-state index contributed by atoms with van der Waals surface area (Å²) < 4.78 is 6.73. The van der Waals surface area contributed by atoms with Crippen LogP contribution in [-0.2, 0) is 13.0 Å². The van der Waals surface area contributed by atoms with Gasteiger partial charge in [-0.15, -0.1) is 0 Å². The molecule has 0 bridgehead atoms. The lowest BCUT2D eigenvalue weighted by atomic mass is 10.1. The van der Waals surface area contributed by atoms with E-state index >= 15 is 0 Å². The van der Waals surface area contributed by atoms with Crippen molar-refractivity contribution in [3.05, 3.63) is 87.0 Å². The first-order valence-corrected chi connectivity index (χ1v) is 10.1. The fourth-order valence-corrected chi connectivity index (χ4v) is 3.38. The minimum Gasteiger partial charge on any atom is -0.493 e. The van der Waals surface area contributed by atoms with Gasteiger partial charge in [0.2, 0.25) is 5.88 Å². The van der Waals surface area contributed by atoms with Crippen LogP contribution in [0.3, 0.4) is 0 Å². The van der Waals surface area contributed by atoms with Crippen LogP contribution in [0.4, 0.5) is 0 Å². The van der Waals surface area contributed by atoms with E-state index in [-0.39, 0.29) is 18.3 Å². The van der Waals surface area contributed by atoms with Crippen LogP contribution in [0.15, 0.2) is 59.1 Å². The van der Waals surface area contributed by atoms with Crippen LogP contribution in [0.25, 0.3) is 0 Å². The van der Waals surface area contributed by atoms with Crippen LogP contribution in [0.1, 0.15) is 32.7 Å². The highest BCUT2D eigenvalue weighted by molar-refractivity contribution is 9.10. The van der Waals surface area contributed by atoms with Gasteiger partial charge in [-0.3, -0.25) is 4.79 Å². The van der Waals surface area contributed by atoms with Crippen LogP contribution in [0.5, 0.6) is 11.6 Å². The molecule has 3 aromatic rings. The molecule has 150 valence electrons. The molecule has 0 atom stereocenters. The van der Waals surface area contributed by atoms with Gasteiger partial charge in [-0.05, 0) is 61.4 Å². The van der Waals surface area contributed by atoms with E-state index in [2.05, 4.69) is 26.2 Å². The number of carbonyl (C=O) groups is 1. The maximum Gasteiger partial charge on any atom is 0.251 e. The van der Waals surface area contributed by atoms with Gasteiger partial charge in [0.25, 0.3) is 5.91 Å². The zero-order chi connectivity index (χ0) is 20.8. The highest BCUT2D eigenvalue weighted by Gasteiger charge is 2.11. The number of pyridine rings is 1. The van der Waals surface area contributed by atoms with Crippen LogP contribution in [-0.4, -0.2) is 22.6 Å². The number of aryl methyl sites for hydroxylation is 2. The number of hydrogen-bond acceptors (Lipinski definition) is 4. The smallest absolute Gasteiger partial charge is 0.251 e. The lowest BCUT2D eigenvalue weighted by Crippen LogP contribution is -2.23. The van der Waals surface area contributed by atoms with Crippen molar-refractivity contribution in [1.29, 1.82) is 0 Å². The second-order valence-corrected chi connectivity index (χ2v) is 7.73. The Bertz CT molecular complexity index is 980. The summed E-state index contributed by atoms with van der Waals surface area (Å²) in [6.45, 7) is 4.49. The Balaban J connectivity index is 1.52. The molecule has 6 heteroatoms. The fraction of sp³-hybridized carbons (Fsp3) is 0.217. The fourth-order valence-electron chi connectivity index (χ4n) is 3.00. The first-order chi connectivity index (χ1) is 13.9. The molecule has 2 N–H and O–H groups in total. The second kappa shape index (κ2) is 9.56. The van der Waals surface area contributed by atoms with Gasteiger partial charge in [0.15, 0.2) is 0 Å². The minimum atomic E-state index is -0.193. The SMILES string of the molecule is Cc1cc(C)c(CNC(=O)c2ccc(CCOc3cccc(Br)c3)cc2)c(O)n1. The maximum absolute atomic E-state index is 12.4. The first-order valence-electron chi connectivity index (χ1n) is 9.34. The molecular formula is C23H23BrN2O3. The van der Waals surface area contributed by atoms with Gasteiger partial charge in [0, 0.05) is 34.3 Å². The molecule has 2 aromatic carbocycles. The Kier molecular flexibility index (Phi) is 6.88. The molecule has 0 spiro atoms. The molecule has 0 saturated carbocycles. The number of nitrogens with zero attached hydrogens (tertiary/aromatic N) is 1. The van der Waals surface area contributed by atoms with E-state index in [0.29, 0.717) is 17.7 Å². The molecule has 0 radical (unpaired) electrons. The summed E-state index contributed by atoms with van der Waals surface area (Å²) in [5, 5.41) is 12.8. The summed E-state index contributed by atoms with van der Waals surface area (Å²) >= 11 is 3.42. The van der Waals surface area contributed by atoms with Crippen molar-refractivity contribution >= 4 is 21.8 Å². The summed E-state index contributed by atoms with van der Waals surface area (Å²) in [6, 6.07) is 17.1. The number of nitrogens with one attached hydrogen (secondary N) is 1. The Hall–Kier alpha value is -2.86. The summed E-state index contributed by atoms with van der Waals surface area (Å²) in [4.78, 5) is 16.4. The lowest BCUT2D eigenvalue weighted by molar-refractivity contribution is 0.0950. The molecule has 0 aliphatic rings. The molecule has 1 aromatic heterocycles. The zero-order valence-corrected chi connectivity index (χ0v) is 18.0. The Morgan fingerprint density at radius 2 is 1.90 bits per heavy atom. The number of carbonyl (C=O) groups excluding carboxylic acids is 1. The molecule has 5 nitrogen and oxygen atoms in total. The predicted octanol–water partition coefficient (Wildman–Crippen LogP) is 4.72. The van der Waals surface area contributed by atoms with E-state index in [4.69, 9.17) is 4.74 Å². The summed E-state index contributed by atoms with van der Waals surface area (Å²) in [5.41, 5.74) is 3.93. The molecule has 0 aliphatic carbocycles. The van der Waals surface area contributed by atoms with Crippen molar-refractivity contribution < 1.29 is 14.6 Å². The van der Waals surface area contributed by atoms with Crippen LogP contribution in [0.2, 0.25) is 0 Å². The largest absolute Gasteiger partial charge is 0.493 e. The molecule has 3 rings (SSSR count). The number of amides is 1. The third kappa shape index (κ3) is 5.81. The summed E-state index contributed by atoms with van der Waals surface area (Å²) in [5.74, 6) is 0.587. The zero-order valence-electron chi connectivity index (χ0n) is 16.4. The quantitative estimate of drug-likeness (QED) is 0.541. The third-order valence-electron chi connectivity index (χ3n) is 4.55. The van der Waals surface area contributed by atoms with Crippen LogP contribution >= 0.6 is 15.9 Å². The van der Waals surface area contributed by atoms with Gasteiger partial charge in [-0.25, -0.2) is 4.98 Å². The van der Waals surface area contributed by atoms with Crippen molar-refractivity contribution in [2.45, 2.75) is 26.8 Å². The average molecular weight is 455 g/mol. The number of benzene rings is 2. The normalized spacial score (nSPS) is 10.6. The summed E-state index contributed by atoms with van der Waals surface area (Å²) in [6.07, 6.45) is 0.747. The van der Waals surface area contributed by atoms with E-state index in [0.717, 1.165) is 33.5 Å². The van der Waals surface area contributed by atoms with E-state index in [9.17, 15) is 9.90 Å². The molecule has 1 amide bonds. The highest BCUT2D eigenvalue weighted by Crippen LogP contribution is 2.20. The van der Waals surface area contributed by atoms with E-state index < -0.39 is 0 Å². The van der Waals surface area contributed by atoms with E-state index in [1.54, 1.807) is 12.1 Å². The van der Waals surface area contributed by atoms with Gasteiger partial charge in [0.1, 0.15) is 5.75 Å². The number of aromatic nitrogens is 1. The van der Waals surface area contributed by atoms with Crippen molar-refractivity contribution in [2.75, 3.05) is 6.61 Å². The van der Waals surface area contributed by atoms with Gasteiger partial charge >= 0.3 is 0 Å². The molecule has 0 fully saturated rings. The number of rotatable bonds is 7. The highest BCUT2D eigenvalue weighted by atomic mass is 79.9. The number of ether oxygens (including phenoxy) is 1. The topological polar surface area (TPSA) is 71.5 Å². The predicted molar refractivity (Wildman–Crippen MR) is 116 cm³/mol. The Morgan fingerprint density at radius 3 is 2.59 bits per heavy atom. The van der Waals surface area contributed by atoms with Crippen LogP contribution in [0, 0.1) is 13.8 Å². The van der Waals surface area contributed by atoms with E-state index in [1.165, 1.54) is 0 Å². The summed E-state index contributed by atoms with van der Waals surface area (Å²) in [7, 11) is 0. The molecule has 0 saturated heterocycles. The molecule has 29 heavy (non-hydrogen) atoms. The lowest BCUT2D eigenvalue weighted by Gasteiger charge is -2.11. The van der Waals surface area contributed by atoms with Gasteiger partial charge in [-0.2, -0.15) is 0 Å². The molecule has 0 aliphatic heterocycles.